The highest BCUT2D eigenvalue weighted by atomic mass is 32.1. The average molecular weight is 251 g/mol. The number of hydrogen-bond donors (Lipinski definition) is 1. The summed E-state index contributed by atoms with van der Waals surface area (Å²) >= 11 is 1.09. The quantitative estimate of drug-likeness (QED) is 0.904. The van der Waals surface area contributed by atoms with Crippen LogP contribution in [0.3, 0.4) is 0 Å². The summed E-state index contributed by atoms with van der Waals surface area (Å²) in [5.74, 6) is 0.784. The lowest BCUT2D eigenvalue weighted by atomic mass is 10.0. The third-order valence-corrected chi connectivity index (χ3v) is 3.96. The van der Waals surface area contributed by atoms with Crippen molar-refractivity contribution in [1.82, 2.24) is 0 Å². The number of methoxy groups -OCH3 is 1. The van der Waals surface area contributed by atoms with Gasteiger partial charge in [-0.05, 0) is 30.9 Å². The fourth-order valence-corrected chi connectivity index (χ4v) is 2.67. The fraction of sp³-hybridized carbons (Fsp3) is 0.417. The van der Waals surface area contributed by atoms with Gasteiger partial charge in [-0.3, -0.25) is 0 Å². The molecule has 1 heterocycles. The first kappa shape index (κ1) is 10.8. The van der Waals surface area contributed by atoms with Crippen LogP contribution in [0.4, 0.5) is 0 Å². The Hall–Kier alpha value is -1.33. The van der Waals surface area contributed by atoms with Gasteiger partial charge in [0.15, 0.2) is 0 Å². The Morgan fingerprint density at radius 2 is 2.29 bits per heavy atom. The molecule has 1 aliphatic carbocycles. The molecule has 0 aliphatic heterocycles. The van der Waals surface area contributed by atoms with Gasteiger partial charge < -0.3 is 14.9 Å². The van der Waals surface area contributed by atoms with Crippen molar-refractivity contribution >= 4 is 21.6 Å². The van der Waals surface area contributed by atoms with E-state index < -0.39 is 0 Å². The zero-order valence-electron chi connectivity index (χ0n) is 9.49. The van der Waals surface area contributed by atoms with Crippen LogP contribution in [-0.4, -0.2) is 12.6 Å². The minimum atomic E-state index is -0.284. The normalized spacial score (nSPS) is 17.3. The highest BCUT2D eigenvalue weighted by Gasteiger charge is 2.38. The lowest BCUT2D eigenvalue weighted by Gasteiger charge is -2.12. The SMILES string of the molecule is COc1cc2sc(=O)oc2cc1CC1(N)CC1. The van der Waals surface area contributed by atoms with E-state index in [9.17, 15) is 4.79 Å². The Labute approximate surface area is 102 Å². The Kier molecular flexibility index (Phi) is 2.27. The van der Waals surface area contributed by atoms with E-state index >= 15 is 0 Å². The van der Waals surface area contributed by atoms with Gasteiger partial charge in [-0.1, -0.05) is 11.3 Å². The summed E-state index contributed by atoms with van der Waals surface area (Å²) < 4.78 is 11.3. The molecular weight excluding hydrogens is 238 g/mol. The van der Waals surface area contributed by atoms with Gasteiger partial charge >= 0.3 is 4.94 Å². The first-order chi connectivity index (χ1) is 8.09. The van der Waals surface area contributed by atoms with Gasteiger partial charge in [0.25, 0.3) is 0 Å². The summed E-state index contributed by atoms with van der Waals surface area (Å²) in [5.41, 5.74) is 7.66. The molecule has 0 spiro atoms. The van der Waals surface area contributed by atoms with Crippen LogP contribution in [-0.2, 0) is 6.42 Å². The Bertz CT molecular complexity index is 624. The minimum absolute atomic E-state index is 0.0860. The number of hydrogen-bond acceptors (Lipinski definition) is 5. The number of fused-ring (bicyclic) bond motifs is 1. The topological polar surface area (TPSA) is 65.5 Å². The minimum Gasteiger partial charge on any atom is -0.496 e. The first-order valence-electron chi connectivity index (χ1n) is 5.49. The van der Waals surface area contributed by atoms with E-state index in [2.05, 4.69) is 0 Å². The van der Waals surface area contributed by atoms with E-state index in [-0.39, 0.29) is 10.5 Å². The number of ether oxygens (including phenoxy) is 1. The smallest absolute Gasteiger partial charge is 0.396 e. The first-order valence-corrected chi connectivity index (χ1v) is 6.31. The van der Waals surface area contributed by atoms with E-state index in [1.807, 2.05) is 12.1 Å². The van der Waals surface area contributed by atoms with Crippen molar-refractivity contribution in [3.63, 3.8) is 0 Å². The summed E-state index contributed by atoms with van der Waals surface area (Å²) in [6.45, 7) is 0. The second kappa shape index (κ2) is 3.58. The van der Waals surface area contributed by atoms with Crippen molar-refractivity contribution < 1.29 is 9.15 Å². The van der Waals surface area contributed by atoms with Crippen LogP contribution >= 0.6 is 11.3 Å². The van der Waals surface area contributed by atoms with Gasteiger partial charge in [-0.15, -0.1) is 0 Å². The summed E-state index contributed by atoms with van der Waals surface area (Å²) in [4.78, 5) is 10.9. The molecule has 1 aliphatic rings. The molecule has 0 atom stereocenters. The van der Waals surface area contributed by atoms with Crippen molar-refractivity contribution in [2.24, 2.45) is 5.73 Å². The molecule has 5 heteroatoms. The summed E-state index contributed by atoms with van der Waals surface area (Å²) in [6, 6.07) is 3.73. The molecule has 2 N–H and O–H groups in total. The van der Waals surface area contributed by atoms with Gasteiger partial charge in [0.1, 0.15) is 11.3 Å². The molecule has 0 saturated heterocycles. The largest absolute Gasteiger partial charge is 0.496 e. The van der Waals surface area contributed by atoms with Crippen molar-refractivity contribution in [1.29, 1.82) is 0 Å². The molecule has 0 amide bonds. The Morgan fingerprint density at radius 3 is 2.94 bits per heavy atom. The van der Waals surface area contributed by atoms with Crippen molar-refractivity contribution in [3.8, 4) is 5.75 Å². The van der Waals surface area contributed by atoms with Crippen LogP contribution in [0.15, 0.2) is 21.3 Å². The van der Waals surface area contributed by atoms with Crippen LogP contribution in [0.1, 0.15) is 18.4 Å². The number of nitrogens with two attached hydrogens (primary N) is 1. The maximum Gasteiger partial charge on any atom is 0.396 e. The van der Waals surface area contributed by atoms with Crippen LogP contribution in [0.25, 0.3) is 10.3 Å². The highest BCUT2D eigenvalue weighted by Crippen LogP contribution is 2.39. The van der Waals surface area contributed by atoms with Gasteiger partial charge in [0.2, 0.25) is 0 Å². The highest BCUT2D eigenvalue weighted by molar-refractivity contribution is 7.16. The summed E-state index contributed by atoms with van der Waals surface area (Å²) in [7, 11) is 1.63. The maximum absolute atomic E-state index is 11.2. The van der Waals surface area contributed by atoms with E-state index in [0.717, 1.165) is 46.6 Å². The maximum atomic E-state index is 11.2. The van der Waals surface area contributed by atoms with E-state index in [4.69, 9.17) is 14.9 Å². The van der Waals surface area contributed by atoms with Gasteiger partial charge in [0.05, 0.1) is 11.8 Å². The molecule has 17 heavy (non-hydrogen) atoms. The molecule has 2 aromatic rings. The molecule has 1 fully saturated rings. The van der Waals surface area contributed by atoms with Crippen LogP contribution in [0.5, 0.6) is 5.75 Å². The fourth-order valence-electron chi connectivity index (χ4n) is 1.99. The monoisotopic (exact) mass is 251 g/mol. The Balaban J connectivity index is 2.10. The molecule has 4 nitrogen and oxygen atoms in total. The molecule has 1 saturated carbocycles. The second-order valence-electron chi connectivity index (χ2n) is 4.60. The van der Waals surface area contributed by atoms with Crippen molar-refractivity contribution in [3.05, 3.63) is 27.4 Å². The lowest BCUT2D eigenvalue weighted by molar-refractivity contribution is 0.408. The standard InChI is InChI=1S/C12H13NO3S/c1-15-8-5-10-9(16-11(14)17-10)4-7(8)6-12(13)2-3-12/h4-5H,2-3,6,13H2,1H3. The van der Waals surface area contributed by atoms with Crippen molar-refractivity contribution in [2.75, 3.05) is 7.11 Å². The second-order valence-corrected chi connectivity index (χ2v) is 5.58. The molecular formula is C12H13NO3S. The molecule has 0 radical (unpaired) electrons. The van der Waals surface area contributed by atoms with E-state index in [1.54, 1.807) is 7.11 Å². The Morgan fingerprint density at radius 1 is 1.53 bits per heavy atom. The predicted octanol–water partition coefficient (Wildman–Crippen LogP) is 1.90. The molecule has 0 unspecified atom stereocenters. The van der Waals surface area contributed by atoms with Crippen molar-refractivity contribution in [2.45, 2.75) is 24.8 Å². The zero-order chi connectivity index (χ0) is 12.0. The molecule has 3 rings (SSSR count). The van der Waals surface area contributed by atoms with Gasteiger partial charge in [-0.25, -0.2) is 4.79 Å². The summed E-state index contributed by atoms with van der Waals surface area (Å²) in [5, 5.41) is 0. The third kappa shape index (κ3) is 1.96. The number of rotatable bonds is 3. The third-order valence-electron chi connectivity index (χ3n) is 3.17. The molecule has 1 aromatic heterocycles. The van der Waals surface area contributed by atoms with E-state index in [0.29, 0.717) is 5.58 Å². The van der Waals surface area contributed by atoms with Gasteiger partial charge in [0, 0.05) is 11.6 Å². The molecule has 1 aromatic carbocycles. The van der Waals surface area contributed by atoms with Crippen LogP contribution in [0, 0.1) is 0 Å². The zero-order valence-corrected chi connectivity index (χ0v) is 10.3. The van der Waals surface area contributed by atoms with Crippen LogP contribution < -0.4 is 15.4 Å². The lowest BCUT2D eigenvalue weighted by Crippen LogP contribution is -2.24. The average Bonchev–Trinajstić information content (AvgIpc) is 2.88. The van der Waals surface area contributed by atoms with Crippen LogP contribution in [0.2, 0.25) is 0 Å². The molecule has 0 bridgehead atoms. The summed E-state index contributed by atoms with van der Waals surface area (Å²) in [6.07, 6.45) is 2.86. The molecule has 90 valence electrons. The predicted molar refractivity (Wildman–Crippen MR) is 66.8 cm³/mol. The number of benzene rings is 1. The van der Waals surface area contributed by atoms with E-state index in [1.165, 1.54) is 0 Å². The van der Waals surface area contributed by atoms with Gasteiger partial charge in [-0.2, -0.15) is 0 Å².